The van der Waals surface area contributed by atoms with E-state index in [9.17, 15) is 9.59 Å². The minimum atomic E-state index is -0.414. The minimum Gasteiger partial charge on any atom is -0.309 e. The van der Waals surface area contributed by atoms with E-state index >= 15 is 0 Å². The Balaban J connectivity index is 2.23. The van der Waals surface area contributed by atoms with Crippen LogP contribution in [0.15, 0.2) is 50.1 Å². The fourth-order valence-corrected chi connectivity index (χ4v) is 4.02. The third-order valence-corrected chi connectivity index (χ3v) is 5.60. The highest BCUT2D eigenvalue weighted by atomic mass is 35.5. The number of allylic oxidation sites excluding steroid dienone is 1. The maximum atomic E-state index is 12.8. The molecule has 0 amide bonds. The predicted molar refractivity (Wildman–Crippen MR) is 111 cm³/mol. The fourth-order valence-electron chi connectivity index (χ4n) is 2.71. The third-order valence-electron chi connectivity index (χ3n) is 4.18. The average Bonchev–Trinajstić information content (AvgIpc) is 2.98. The molecule has 2 heterocycles. The molecule has 1 aromatic carbocycles. The Bertz CT molecular complexity index is 1160. The summed E-state index contributed by atoms with van der Waals surface area (Å²) in [5.41, 5.74) is 0.782. The van der Waals surface area contributed by atoms with Gasteiger partial charge in [-0.3, -0.25) is 13.9 Å². The summed E-state index contributed by atoms with van der Waals surface area (Å²) in [6.45, 7) is 2.17. The van der Waals surface area contributed by atoms with Gasteiger partial charge in [-0.25, -0.2) is 9.78 Å². The van der Waals surface area contributed by atoms with E-state index in [-0.39, 0.29) is 5.56 Å². The van der Waals surface area contributed by atoms with Crippen LogP contribution in [0.25, 0.3) is 11.2 Å². The van der Waals surface area contributed by atoms with Gasteiger partial charge in [-0.15, -0.1) is 0 Å². The van der Waals surface area contributed by atoms with Crippen LogP contribution in [0, 0.1) is 0 Å². The molecule has 0 aliphatic heterocycles. The summed E-state index contributed by atoms with van der Waals surface area (Å²) < 4.78 is 4.28. The Morgan fingerprint density at radius 1 is 1.22 bits per heavy atom. The Morgan fingerprint density at radius 2 is 1.93 bits per heavy atom. The number of fused-ring (bicyclic) bond motifs is 1. The first-order valence-corrected chi connectivity index (χ1v) is 9.90. The highest BCUT2D eigenvalue weighted by Crippen LogP contribution is 2.25. The van der Waals surface area contributed by atoms with Gasteiger partial charge < -0.3 is 4.57 Å². The molecule has 2 aromatic heterocycles. The number of hydrogen-bond acceptors (Lipinski definition) is 4. The number of benzene rings is 1. The molecule has 9 heteroatoms. The van der Waals surface area contributed by atoms with Gasteiger partial charge in [-0.2, -0.15) is 0 Å². The molecule has 3 rings (SSSR count). The fraction of sp³-hybridized carbons (Fsp3) is 0.278. The number of thioether (sulfide) groups is 1. The molecule has 0 saturated heterocycles. The average molecular weight is 425 g/mol. The number of halogens is 2. The van der Waals surface area contributed by atoms with Crippen LogP contribution < -0.4 is 11.2 Å². The summed E-state index contributed by atoms with van der Waals surface area (Å²) in [7, 11) is 3.07. The molecule has 3 aromatic rings. The second-order valence-corrected chi connectivity index (χ2v) is 8.04. The number of hydrogen-bond donors (Lipinski definition) is 0. The predicted octanol–water partition coefficient (Wildman–Crippen LogP) is 3.37. The summed E-state index contributed by atoms with van der Waals surface area (Å²) in [4.78, 5) is 29.6. The van der Waals surface area contributed by atoms with Crippen molar-refractivity contribution in [2.24, 2.45) is 14.1 Å². The molecule has 0 aliphatic carbocycles. The Morgan fingerprint density at radius 3 is 2.59 bits per heavy atom. The molecule has 0 spiro atoms. The highest BCUT2D eigenvalue weighted by Gasteiger charge is 2.20. The van der Waals surface area contributed by atoms with E-state index in [4.69, 9.17) is 23.2 Å². The third kappa shape index (κ3) is 3.85. The van der Waals surface area contributed by atoms with E-state index in [1.807, 2.05) is 24.3 Å². The van der Waals surface area contributed by atoms with E-state index in [0.717, 1.165) is 10.1 Å². The van der Waals surface area contributed by atoms with Crippen LogP contribution in [-0.2, 0) is 20.6 Å². The zero-order valence-corrected chi connectivity index (χ0v) is 17.4. The summed E-state index contributed by atoms with van der Waals surface area (Å²) in [5.74, 6) is 0.593. The number of aromatic nitrogens is 4. The molecule has 0 N–H and O–H groups in total. The molecule has 142 valence electrons. The van der Waals surface area contributed by atoms with Crippen molar-refractivity contribution in [2.45, 2.75) is 18.6 Å². The van der Waals surface area contributed by atoms with Crippen LogP contribution in [0.2, 0.25) is 5.02 Å². The van der Waals surface area contributed by atoms with Gasteiger partial charge in [0.05, 0.1) is 6.54 Å². The van der Waals surface area contributed by atoms with Crippen molar-refractivity contribution in [1.82, 2.24) is 18.7 Å². The van der Waals surface area contributed by atoms with Crippen molar-refractivity contribution in [3.63, 3.8) is 0 Å². The maximum Gasteiger partial charge on any atom is 0.332 e. The minimum absolute atomic E-state index is 0.351. The number of nitrogens with zero attached hydrogens (tertiary/aromatic N) is 4. The number of aryl methyl sites for hydroxylation is 1. The summed E-state index contributed by atoms with van der Waals surface area (Å²) in [5, 5.41) is 1.91. The van der Waals surface area contributed by atoms with Gasteiger partial charge in [0.2, 0.25) is 0 Å². The Labute approximate surface area is 170 Å². The Kier molecular flexibility index (Phi) is 5.83. The van der Waals surface area contributed by atoms with Crippen molar-refractivity contribution in [2.75, 3.05) is 5.75 Å². The zero-order chi connectivity index (χ0) is 19.7. The lowest BCUT2D eigenvalue weighted by molar-refractivity contribution is 0.697. The number of imidazole rings is 1. The summed E-state index contributed by atoms with van der Waals surface area (Å²) in [6, 6.07) is 7.44. The van der Waals surface area contributed by atoms with Gasteiger partial charge in [0.1, 0.15) is 0 Å². The molecular weight excluding hydrogens is 407 g/mol. The van der Waals surface area contributed by atoms with Gasteiger partial charge in [-0.1, -0.05) is 59.2 Å². The van der Waals surface area contributed by atoms with Gasteiger partial charge in [0.25, 0.3) is 5.56 Å². The number of rotatable bonds is 5. The van der Waals surface area contributed by atoms with Gasteiger partial charge in [0.15, 0.2) is 16.3 Å². The summed E-state index contributed by atoms with van der Waals surface area (Å²) >= 11 is 13.7. The van der Waals surface area contributed by atoms with Gasteiger partial charge in [0, 0.05) is 29.9 Å². The topological polar surface area (TPSA) is 61.8 Å². The maximum absolute atomic E-state index is 12.8. The molecular formula is C18H18Cl2N4O2S. The molecule has 0 saturated carbocycles. The SMILES string of the molecule is C/C(Cl)=C\CSc1nc2c(c(=O)n(C)c(=O)n2C)n1Cc1ccccc1Cl. The molecule has 27 heavy (non-hydrogen) atoms. The monoisotopic (exact) mass is 424 g/mol. The largest absolute Gasteiger partial charge is 0.332 e. The van der Waals surface area contributed by atoms with E-state index in [1.165, 1.54) is 23.4 Å². The van der Waals surface area contributed by atoms with Crippen LogP contribution in [-0.4, -0.2) is 24.4 Å². The standard InChI is InChI=1S/C18H18Cl2N4O2S/c1-11(19)8-9-27-17-21-15-14(16(25)23(3)18(26)22(15)2)24(17)10-12-6-4-5-7-13(12)20/h4-8H,9-10H2,1-3H3/b11-8+. The molecule has 0 atom stereocenters. The second kappa shape index (κ2) is 7.96. The molecule has 0 fully saturated rings. The van der Waals surface area contributed by atoms with Crippen LogP contribution in [0.4, 0.5) is 0 Å². The normalized spacial score (nSPS) is 12.1. The molecule has 0 aliphatic rings. The first-order valence-electron chi connectivity index (χ1n) is 8.16. The first-order chi connectivity index (χ1) is 12.8. The lowest BCUT2D eigenvalue weighted by atomic mass is 10.2. The van der Waals surface area contributed by atoms with Crippen molar-refractivity contribution in [1.29, 1.82) is 0 Å². The lowest BCUT2D eigenvalue weighted by Crippen LogP contribution is -2.37. The van der Waals surface area contributed by atoms with Crippen molar-refractivity contribution < 1.29 is 0 Å². The molecule has 6 nitrogen and oxygen atoms in total. The van der Waals surface area contributed by atoms with Crippen LogP contribution in [0.5, 0.6) is 0 Å². The smallest absolute Gasteiger partial charge is 0.309 e. The van der Waals surface area contributed by atoms with Gasteiger partial charge in [-0.05, 0) is 18.6 Å². The van der Waals surface area contributed by atoms with Crippen molar-refractivity contribution in [3.8, 4) is 0 Å². The van der Waals surface area contributed by atoms with Crippen molar-refractivity contribution >= 4 is 46.1 Å². The van der Waals surface area contributed by atoms with E-state index < -0.39 is 5.69 Å². The van der Waals surface area contributed by atoms with E-state index in [2.05, 4.69) is 4.98 Å². The van der Waals surface area contributed by atoms with E-state index in [1.54, 1.807) is 24.6 Å². The summed E-state index contributed by atoms with van der Waals surface area (Å²) in [6.07, 6.45) is 1.86. The molecule has 0 bridgehead atoms. The molecule has 0 unspecified atom stereocenters. The zero-order valence-electron chi connectivity index (χ0n) is 15.1. The Hall–Kier alpha value is -1.96. The van der Waals surface area contributed by atoms with Crippen LogP contribution >= 0.6 is 35.0 Å². The molecule has 0 radical (unpaired) electrons. The van der Waals surface area contributed by atoms with E-state index in [0.29, 0.717) is 38.7 Å². The quantitative estimate of drug-likeness (QED) is 0.589. The van der Waals surface area contributed by atoms with Gasteiger partial charge >= 0.3 is 5.69 Å². The van der Waals surface area contributed by atoms with Crippen molar-refractivity contribution in [3.05, 3.63) is 66.8 Å². The van der Waals surface area contributed by atoms with Crippen LogP contribution in [0.1, 0.15) is 12.5 Å². The second-order valence-electron chi connectivity index (χ2n) is 6.05. The lowest BCUT2D eigenvalue weighted by Gasteiger charge is -2.10. The highest BCUT2D eigenvalue weighted by molar-refractivity contribution is 7.99. The first kappa shape index (κ1) is 19.8. The van der Waals surface area contributed by atoms with Crippen LogP contribution in [0.3, 0.4) is 0 Å².